The van der Waals surface area contributed by atoms with E-state index in [2.05, 4.69) is 0 Å². The highest BCUT2D eigenvalue weighted by Crippen LogP contribution is 2.38. The first-order chi connectivity index (χ1) is 7.61. The van der Waals surface area contributed by atoms with Crippen molar-refractivity contribution in [2.75, 3.05) is 0 Å². The fraction of sp³-hybridized carbons (Fsp3) is 0.500. The van der Waals surface area contributed by atoms with Gasteiger partial charge in [-0.3, -0.25) is 0 Å². The Bertz CT molecular complexity index is 418. The van der Waals surface area contributed by atoms with Gasteiger partial charge in [0.25, 0.3) is 0 Å². The van der Waals surface area contributed by atoms with Gasteiger partial charge < -0.3 is 0 Å². The Morgan fingerprint density at radius 1 is 1.06 bits per heavy atom. The lowest BCUT2D eigenvalue weighted by atomic mass is 9.81. The zero-order chi connectivity index (χ0) is 13.4. The summed E-state index contributed by atoms with van der Waals surface area (Å²) < 4.78 is 64.3. The Hall–Kier alpha value is -1.13. The summed E-state index contributed by atoms with van der Waals surface area (Å²) >= 11 is 0. The molecule has 0 bridgehead atoms. The number of rotatable bonds is 2. The first-order valence-corrected chi connectivity index (χ1v) is 5.17. The quantitative estimate of drug-likeness (QED) is 0.671. The molecule has 1 aromatic rings. The average molecular weight is 252 g/mol. The van der Waals surface area contributed by atoms with Crippen molar-refractivity contribution in [3.05, 3.63) is 34.9 Å². The number of halogens is 5. The average Bonchev–Trinajstić information content (AvgIpc) is 2.15. The van der Waals surface area contributed by atoms with Gasteiger partial charge in [0.15, 0.2) is 0 Å². The van der Waals surface area contributed by atoms with Gasteiger partial charge in [-0.05, 0) is 23.5 Å². The summed E-state index contributed by atoms with van der Waals surface area (Å²) in [5.41, 5.74) is -2.69. The molecule has 0 nitrogen and oxygen atoms in total. The SMILES string of the molecule is CCC(C)(C)c1ccc(F)c(C(F)(F)F)c1F. The fourth-order valence-electron chi connectivity index (χ4n) is 1.53. The van der Waals surface area contributed by atoms with E-state index in [1.54, 1.807) is 20.8 Å². The third-order valence-corrected chi connectivity index (χ3v) is 2.99. The number of alkyl halides is 3. The number of hydrogen-bond donors (Lipinski definition) is 0. The van der Waals surface area contributed by atoms with Crippen molar-refractivity contribution in [1.29, 1.82) is 0 Å². The Kier molecular flexibility index (Phi) is 3.50. The summed E-state index contributed by atoms with van der Waals surface area (Å²) in [6.07, 6.45) is -4.57. The molecule has 0 aliphatic heterocycles. The predicted octanol–water partition coefficient (Wildman–Crippen LogP) is 4.67. The molecular formula is C12H13F5. The molecule has 5 heteroatoms. The topological polar surface area (TPSA) is 0 Å². The predicted molar refractivity (Wildman–Crippen MR) is 54.7 cm³/mol. The molecule has 0 fully saturated rings. The molecule has 0 saturated carbocycles. The normalized spacial score (nSPS) is 12.9. The molecule has 1 aromatic carbocycles. The van der Waals surface area contributed by atoms with Crippen LogP contribution in [0, 0.1) is 11.6 Å². The second-order valence-corrected chi connectivity index (χ2v) is 4.52. The fourth-order valence-corrected chi connectivity index (χ4v) is 1.53. The Balaban J connectivity index is 3.50. The molecule has 0 N–H and O–H groups in total. The Labute approximate surface area is 96.4 Å². The van der Waals surface area contributed by atoms with Crippen molar-refractivity contribution in [2.24, 2.45) is 0 Å². The van der Waals surface area contributed by atoms with Crippen LogP contribution >= 0.6 is 0 Å². The van der Waals surface area contributed by atoms with Crippen LogP contribution in [0.1, 0.15) is 38.3 Å². The highest BCUT2D eigenvalue weighted by molar-refractivity contribution is 5.34. The largest absolute Gasteiger partial charge is 0.422 e. The van der Waals surface area contributed by atoms with Crippen LogP contribution in [-0.2, 0) is 11.6 Å². The van der Waals surface area contributed by atoms with Crippen LogP contribution in [0.25, 0.3) is 0 Å². The van der Waals surface area contributed by atoms with Crippen LogP contribution < -0.4 is 0 Å². The van der Waals surface area contributed by atoms with Crippen molar-refractivity contribution >= 4 is 0 Å². The summed E-state index contributed by atoms with van der Waals surface area (Å²) in [5.74, 6) is -3.09. The minimum atomic E-state index is -5.02. The van der Waals surface area contributed by atoms with Crippen molar-refractivity contribution in [3.8, 4) is 0 Å². The summed E-state index contributed by atoms with van der Waals surface area (Å²) in [6.45, 7) is 4.96. The molecule has 0 aliphatic carbocycles. The maximum absolute atomic E-state index is 13.8. The van der Waals surface area contributed by atoms with Crippen LogP contribution in [0.2, 0.25) is 0 Å². The van der Waals surface area contributed by atoms with Gasteiger partial charge in [-0.25, -0.2) is 8.78 Å². The van der Waals surface area contributed by atoms with Crippen LogP contribution in [0.15, 0.2) is 12.1 Å². The van der Waals surface area contributed by atoms with E-state index in [1.165, 1.54) is 0 Å². The maximum atomic E-state index is 13.8. The highest BCUT2D eigenvalue weighted by Gasteiger charge is 2.40. The van der Waals surface area contributed by atoms with E-state index in [-0.39, 0.29) is 5.56 Å². The lowest BCUT2D eigenvalue weighted by molar-refractivity contribution is -0.142. The van der Waals surface area contributed by atoms with Gasteiger partial charge in [0, 0.05) is 0 Å². The molecule has 0 atom stereocenters. The number of hydrogen-bond acceptors (Lipinski definition) is 0. The number of benzene rings is 1. The van der Waals surface area contributed by atoms with Crippen LogP contribution in [0.5, 0.6) is 0 Å². The molecule has 96 valence electrons. The summed E-state index contributed by atoms with van der Waals surface area (Å²) in [4.78, 5) is 0. The highest BCUT2D eigenvalue weighted by atomic mass is 19.4. The van der Waals surface area contributed by atoms with Gasteiger partial charge in [0.05, 0.1) is 0 Å². The van der Waals surface area contributed by atoms with E-state index in [1.807, 2.05) is 0 Å². The van der Waals surface area contributed by atoms with Gasteiger partial charge in [-0.1, -0.05) is 26.8 Å². The third-order valence-electron chi connectivity index (χ3n) is 2.99. The Morgan fingerprint density at radius 2 is 1.59 bits per heavy atom. The third kappa shape index (κ3) is 2.58. The van der Waals surface area contributed by atoms with E-state index in [4.69, 9.17) is 0 Å². The monoisotopic (exact) mass is 252 g/mol. The molecule has 0 heterocycles. The molecular weight excluding hydrogens is 239 g/mol. The molecule has 0 unspecified atom stereocenters. The van der Waals surface area contributed by atoms with Gasteiger partial charge in [0.1, 0.15) is 17.2 Å². The molecule has 17 heavy (non-hydrogen) atoms. The molecule has 0 amide bonds. The second-order valence-electron chi connectivity index (χ2n) is 4.52. The molecule has 0 aromatic heterocycles. The zero-order valence-electron chi connectivity index (χ0n) is 9.75. The van der Waals surface area contributed by atoms with E-state index < -0.39 is 28.8 Å². The second kappa shape index (κ2) is 4.27. The molecule has 0 spiro atoms. The van der Waals surface area contributed by atoms with Gasteiger partial charge in [0.2, 0.25) is 0 Å². The van der Waals surface area contributed by atoms with Crippen LogP contribution in [-0.4, -0.2) is 0 Å². The molecule has 1 rings (SSSR count). The smallest absolute Gasteiger partial charge is 0.206 e. The zero-order valence-corrected chi connectivity index (χ0v) is 9.75. The minimum Gasteiger partial charge on any atom is -0.206 e. The molecule has 0 aliphatic rings. The van der Waals surface area contributed by atoms with Gasteiger partial charge in [-0.15, -0.1) is 0 Å². The van der Waals surface area contributed by atoms with Gasteiger partial charge >= 0.3 is 6.18 Å². The van der Waals surface area contributed by atoms with Crippen molar-refractivity contribution in [1.82, 2.24) is 0 Å². The van der Waals surface area contributed by atoms with Crippen molar-refractivity contribution in [2.45, 2.75) is 38.8 Å². The van der Waals surface area contributed by atoms with Crippen molar-refractivity contribution < 1.29 is 22.0 Å². The van der Waals surface area contributed by atoms with E-state index >= 15 is 0 Å². The van der Waals surface area contributed by atoms with E-state index in [0.29, 0.717) is 12.5 Å². The maximum Gasteiger partial charge on any atom is 0.422 e. The van der Waals surface area contributed by atoms with Crippen LogP contribution in [0.3, 0.4) is 0 Å². The standard InChI is InChI=1S/C12H13F5/c1-4-11(2,3)7-5-6-8(13)9(10(7)14)12(15,16)17/h5-6H,4H2,1-3H3. The van der Waals surface area contributed by atoms with E-state index in [9.17, 15) is 22.0 Å². The summed E-state index contributed by atoms with van der Waals surface area (Å²) in [5, 5.41) is 0. The molecule has 0 saturated heterocycles. The first-order valence-electron chi connectivity index (χ1n) is 5.17. The summed E-state index contributed by atoms with van der Waals surface area (Å²) in [7, 11) is 0. The summed E-state index contributed by atoms with van der Waals surface area (Å²) in [6, 6.07) is 1.74. The van der Waals surface area contributed by atoms with Crippen LogP contribution in [0.4, 0.5) is 22.0 Å². The first kappa shape index (κ1) is 13.9. The van der Waals surface area contributed by atoms with Crippen molar-refractivity contribution in [3.63, 3.8) is 0 Å². The Morgan fingerprint density at radius 3 is 2.00 bits per heavy atom. The molecule has 0 radical (unpaired) electrons. The lowest BCUT2D eigenvalue weighted by Crippen LogP contribution is -2.21. The van der Waals surface area contributed by atoms with Gasteiger partial charge in [-0.2, -0.15) is 13.2 Å². The minimum absolute atomic E-state index is 0.117. The van der Waals surface area contributed by atoms with E-state index in [0.717, 1.165) is 6.07 Å². The lowest BCUT2D eigenvalue weighted by Gasteiger charge is -2.25.